The number of carbonyl (C=O) groups is 3. The topological polar surface area (TPSA) is 98.3 Å². The Morgan fingerprint density at radius 2 is 1.58 bits per heavy atom. The molecule has 1 aliphatic rings. The highest BCUT2D eigenvalue weighted by Crippen LogP contribution is 2.25. The standard InChI is InChI=1S/C18H22N2O4/c1-11(2)12-7-9-13(10-8-12)16(21)19-20-17(22)14-5-3-4-6-15(14)18(23)24/h3-4,7-11,14-15H,5-6H2,1-2H3,(H,19,21)(H,20,22)(H,23,24)/p-1/t14-,15+/m1/s1. The van der Waals surface area contributed by atoms with Gasteiger partial charge in [0.2, 0.25) is 5.91 Å². The molecular formula is C18H21N2O4-. The molecule has 0 saturated carbocycles. The van der Waals surface area contributed by atoms with Crippen LogP contribution in [0.4, 0.5) is 0 Å². The largest absolute Gasteiger partial charge is 0.550 e. The van der Waals surface area contributed by atoms with E-state index in [9.17, 15) is 19.5 Å². The van der Waals surface area contributed by atoms with E-state index < -0.39 is 29.6 Å². The molecule has 0 aromatic heterocycles. The van der Waals surface area contributed by atoms with Gasteiger partial charge in [0.15, 0.2) is 0 Å². The second kappa shape index (κ2) is 7.77. The van der Waals surface area contributed by atoms with Crippen molar-refractivity contribution in [2.75, 3.05) is 0 Å². The van der Waals surface area contributed by atoms with Crippen LogP contribution in [0.3, 0.4) is 0 Å². The van der Waals surface area contributed by atoms with Crippen LogP contribution in [0.15, 0.2) is 36.4 Å². The van der Waals surface area contributed by atoms with Crippen molar-refractivity contribution in [3.05, 3.63) is 47.5 Å². The molecule has 0 radical (unpaired) electrons. The first-order chi connectivity index (χ1) is 11.4. The van der Waals surface area contributed by atoms with E-state index in [1.165, 1.54) is 0 Å². The fraction of sp³-hybridized carbons (Fsp3) is 0.389. The Kier molecular flexibility index (Phi) is 5.73. The minimum Gasteiger partial charge on any atom is -0.550 e. The van der Waals surface area contributed by atoms with Gasteiger partial charge in [0.1, 0.15) is 0 Å². The molecule has 128 valence electrons. The predicted octanol–water partition coefficient (Wildman–Crippen LogP) is 0.903. The number of hydrogen-bond acceptors (Lipinski definition) is 4. The Morgan fingerprint density at radius 3 is 2.12 bits per heavy atom. The molecule has 0 saturated heterocycles. The maximum Gasteiger partial charge on any atom is 0.269 e. The summed E-state index contributed by atoms with van der Waals surface area (Å²) in [5.74, 6) is -3.49. The zero-order chi connectivity index (χ0) is 17.7. The van der Waals surface area contributed by atoms with Gasteiger partial charge in [-0.05, 0) is 36.5 Å². The fourth-order valence-electron chi connectivity index (χ4n) is 2.67. The van der Waals surface area contributed by atoms with Gasteiger partial charge >= 0.3 is 0 Å². The van der Waals surface area contributed by atoms with Crippen LogP contribution in [0, 0.1) is 11.8 Å². The number of allylic oxidation sites excluding steroid dienone is 2. The lowest BCUT2D eigenvalue weighted by atomic mass is 9.82. The van der Waals surface area contributed by atoms with Crippen LogP contribution >= 0.6 is 0 Å². The minimum atomic E-state index is -1.25. The van der Waals surface area contributed by atoms with E-state index in [1.54, 1.807) is 24.3 Å². The van der Waals surface area contributed by atoms with Crippen molar-refractivity contribution in [3.8, 4) is 0 Å². The predicted molar refractivity (Wildman–Crippen MR) is 86.5 cm³/mol. The molecule has 0 aliphatic heterocycles. The Balaban J connectivity index is 1.94. The molecule has 1 aromatic carbocycles. The van der Waals surface area contributed by atoms with Crippen molar-refractivity contribution in [1.82, 2.24) is 10.9 Å². The number of benzene rings is 1. The fourth-order valence-corrected chi connectivity index (χ4v) is 2.67. The molecule has 6 heteroatoms. The van der Waals surface area contributed by atoms with Crippen molar-refractivity contribution in [2.45, 2.75) is 32.6 Å². The number of hydrogen-bond donors (Lipinski definition) is 2. The maximum atomic E-state index is 12.1. The van der Waals surface area contributed by atoms with Crippen molar-refractivity contribution >= 4 is 17.8 Å². The SMILES string of the molecule is CC(C)c1ccc(C(=O)NNC(=O)[C@@H]2CC=CC[C@@H]2C(=O)[O-])cc1. The second-order valence-corrected chi connectivity index (χ2v) is 6.19. The van der Waals surface area contributed by atoms with Gasteiger partial charge in [-0.15, -0.1) is 0 Å². The summed E-state index contributed by atoms with van der Waals surface area (Å²) in [5.41, 5.74) is 6.17. The van der Waals surface area contributed by atoms with Crippen LogP contribution in [0.5, 0.6) is 0 Å². The van der Waals surface area contributed by atoms with E-state index in [1.807, 2.05) is 12.1 Å². The summed E-state index contributed by atoms with van der Waals surface area (Å²) in [6.07, 6.45) is 4.05. The van der Waals surface area contributed by atoms with Crippen molar-refractivity contribution in [3.63, 3.8) is 0 Å². The molecule has 2 atom stereocenters. The normalized spacial score (nSPS) is 19.8. The highest BCUT2D eigenvalue weighted by atomic mass is 16.4. The van der Waals surface area contributed by atoms with Gasteiger partial charge in [-0.1, -0.05) is 38.1 Å². The van der Waals surface area contributed by atoms with Gasteiger partial charge in [-0.2, -0.15) is 0 Å². The van der Waals surface area contributed by atoms with Crippen LogP contribution in [0.2, 0.25) is 0 Å². The average Bonchev–Trinajstić information content (AvgIpc) is 2.59. The summed E-state index contributed by atoms with van der Waals surface area (Å²) >= 11 is 0. The number of hydrazine groups is 1. The van der Waals surface area contributed by atoms with E-state index in [2.05, 4.69) is 24.7 Å². The van der Waals surface area contributed by atoms with Gasteiger partial charge in [-0.3, -0.25) is 20.4 Å². The highest BCUT2D eigenvalue weighted by molar-refractivity contribution is 5.96. The third kappa shape index (κ3) is 4.22. The van der Waals surface area contributed by atoms with Crippen LogP contribution in [0.25, 0.3) is 0 Å². The Bertz CT molecular complexity index is 649. The first-order valence-electron chi connectivity index (χ1n) is 7.96. The lowest BCUT2D eigenvalue weighted by Gasteiger charge is -2.28. The number of amides is 2. The van der Waals surface area contributed by atoms with Crippen molar-refractivity contribution in [2.24, 2.45) is 11.8 Å². The number of aliphatic carboxylic acids is 1. The second-order valence-electron chi connectivity index (χ2n) is 6.19. The molecule has 2 N–H and O–H groups in total. The zero-order valence-corrected chi connectivity index (χ0v) is 13.7. The maximum absolute atomic E-state index is 12.1. The number of nitrogens with one attached hydrogen (secondary N) is 2. The molecule has 2 amide bonds. The first-order valence-corrected chi connectivity index (χ1v) is 7.96. The van der Waals surface area contributed by atoms with Crippen LogP contribution in [-0.2, 0) is 9.59 Å². The van der Waals surface area contributed by atoms with E-state index in [0.717, 1.165) is 5.56 Å². The molecule has 0 bridgehead atoms. The summed E-state index contributed by atoms with van der Waals surface area (Å²) in [4.78, 5) is 35.3. The number of carbonyl (C=O) groups excluding carboxylic acids is 3. The molecule has 2 rings (SSSR count). The highest BCUT2D eigenvalue weighted by Gasteiger charge is 2.30. The summed E-state index contributed by atoms with van der Waals surface area (Å²) in [6.45, 7) is 4.11. The van der Waals surface area contributed by atoms with Gasteiger partial charge in [0.05, 0.1) is 5.92 Å². The van der Waals surface area contributed by atoms with Gasteiger partial charge < -0.3 is 9.90 Å². The van der Waals surface area contributed by atoms with E-state index >= 15 is 0 Å². The van der Waals surface area contributed by atoms with Crippen LogP contribution in [-0.4, -0.2) is 17.8 Å². The molecule has 0 heterocycles. The van der Waals surface area contributed by atoms with E-state index in [0.29, 0.717) is 17.9 Å². The summed E-state index contributed by atoms with van der Waals surface area (Å²) in [6, 6.07) is 7.09. The number of carboxylic acids is 1. The summed E-state index contributed by atoms with van der Waals surface area (Å²) in [5, 5.41) is 11.1. The Labute approximate surface area is 140 Å². The number of carboxylic acid groups (broad SMARTS) is 1. The van der Waals surface area contributed by atoms with E-state index in [4.69, 9.17) is 0 Å². The summed E-state index contributed by atoms with van der Waals surface area (Å²) in [7, 11) is 0. The van der Waals surface area contributed by atoms with Crippen LogP contribution < -0.4 is 16.0 Å². The lowest BCUT2D eigenvalue weighted by Crippen LogP contribution is -2.49. The average molecular weight is 329 g/mol. The lowest BCUT2D eigenvalue weighted by molar-refractivity contribution is -0.313. The van der Waals surface area contributed by atoms with Crippen molar-refractivity contribution in [1.29, 1.82) is 0 Å². The third-order valence-electron chi connectivity index (χ3n) is 4.21. The molecule has 1 aliphatic carbocycles. The Morgan fingerprint density at radius 1 is 1.00 bits per heavy atom. The number of rotatable bonds is 4. The molecule has 6 nitrogen and oxygen atoms in total. The minimum absolute atomic E-state index is 0.255. The molecule has 0 unspecified atom stereocenters. The Hall–Kier alpha value is -2.63. The van der Waals surface area contributed by atoms with Crippen molar-refractivity contribution < 1.29 is 19.5 Å². The molecular weight excluding hydrogens is 308 g/mol. The summed E-state index contributed by atoms with van der Waals surface area (Å²) < 4.78 is 0. The quantitative estimate of drug-likeness (QED) is 0.633. The molecule has 0 spiro atoms. The molecule has 1 aromatic rings. The monoisotopic (exact) mass is 329 g/mol. The zero-order valence-electron chi connectivity index (χ0n) is 13.7. The first kappa shape index (κ1) is 17.7. The van der Waals surface area contributed by atoms with Crippen LogP contribution in [0.1, 0.15) is 48.5 Å². The van der Waals surface area contributed by atoms with Gasteiger partial charge in [-0.25, -0.2) is 0 Å². The molecule has 24 heavy (non-hydrogen) atoms. The van der Waals surface area contributed by atoms with Gasteiger partial charge in [0, 0.05) is 17.5 Å². The van der Waals surface area contributed by atoms with E-state index in [-0.39, 0.29) is 6.42 Å². The smallest absolute Gasteiger partial charge is 0.269 e. The third-order valence-corrected chi connectivity index (χ3v) is 4.21. The molecule has 0 fully saturated rings. The van der Waals surface area contributed by atoms with Gasteiger partial charge in [0.25, 0.3) is 5.91 Å².